The van der Waals surface area contributed by atoms with Crippen molar-refractivity contribution in [3.8, 4) is 5.75 Å². The minimum Gasteiger partial charge on any atom is -0.485 e. The molecule has 0 aliphatic carbocycles. The zero-order valence-corrected chi connectivity index (χ0v) is 10.2. The van der Waals surface area contributed by atoms with Gasteiger partial charge in [0.05, 0.1) is 6.10 Å². The maximum Gasteiger partial charge on any atom is 0.183 e. The van der Waals surface area contributed by atoms with E-state index in [-0.39, 0.29) is 6.10 Å². The van der Waals surface area contributed by atoms with Crippen molar-refractivity contribution < 1.29 is 4.74 Å². The van der Waals surface area contributed by atoms with E-state index in [2.05, 4.69) is 9.97 Å². The number of fused-ring (bicyclic) bond motifs is 1. The zero-order chi connectivity index (χ0) is 11.7. The smallest absolute Gasteiger partial charge is 0.183 e. The first-order valence-corrected chi connectivity index (χ1v) is 5.54. The number of aryl methyl sites for hydroxylation is 1. The maximum atomic E-state index is 6.02. The van der Waals surface area contributed by atoms with Crippen LogP contribution in [0.25, 0.3) is 10.9 Å². The summed E-state index contributed by atoms with van der Waals surface area (Å²) in [5, 5.41) is 1.30. The molecule has 2 heterocycles. The Morgan fingerprint density at radius 2 is 2.06 bits per heavy atom. The number of nitrogens with zero attached hydrogens (tertiary/aromatic N) is 2. The highest BCUT2D eigenvalue weighted by Crippen LogP contribution is 2.30. The predicted molar refractivity (Wildman–Crippen MR) is 65.0 cm³/mol. The minimum atomic E-state index is 0.0483. The average molecular weight is 237 g/mol. The van der Waals surface area contributed by atoms with E-state index in [0.717, 1.165) is 16.6 Å². The van der Waals surface area contributed by atoms with E-state index in [1.165, 1.54) is 0 Å². The highest BCUT2D eigenvalue weighted by Gasteiger charge is 2.11. The number of rotatable bonds is 2. The van der Waals surface area contributed by atoms with Gasteiger partial charge in [-0.25, -0.2) is 9.97 Å². The van der Waals surface area contributed by atoms with E-state index in [1.54, 1.807) is 6.20 Å². The van der Waals surface area contributed by atoms with Gasteiger partial charge in [0.1, 0.15) is 5.52 Å². The van der Waals surface area contributed by atoms with Gasteiger partial charge in [0.25, 0.3) is 0 Å². The van der Waals surface area contributed by atoms with E-state index >= 15 is 0 Å². The van der Waals surface area contributed by atoms with Crippen LogP contribution in [0.15, 0.2) is 18.3 Å². The summed E-state index contributed by atoms with van der Waals surface area (Å²) in [6.45, 7) is 5.84. The molecular formula is C12H13ClN2O. The van der Waals surface area contributed by atoms with Crippen LogP contribution in [0.4, 0.5) is 0 Å². The molecule has 4 heteroatoms. The number of pyridine rings is 2. The molecule has 0 aliphatic heterocycles. The minimum absolute atomic E-state index is 0.0483. The van der Waals surface area contributed by atoms with Gasteiger partial charge in [-0.3, -0.25) is 0 Å². The standard InChI is InChI=1S/C12H13ClN2O/c1-7(2)16-11-10-9(6-14-12(11)13)5-4-8(3)15-10/h4-7H,1-3H3. The van der Waals surface area contributed by atoms with Gasteiger partial charge < -0.3 is 4.74 Å². The first-order valence-electron chi connectivity index (χ1n) is 5.16. The second kappa shape index (κ2) is 4.26. The van der Waals surface area contributed by atoms with Gasteiger partial charge in [-0.05, 0) is 32.9 Å². The average Bonchev–Trinajstić information content (AvgIpc) is 2.22. The van der Waals surface area contributed by atoms with Gasteiger partial charge in [0.2, 0.25) is 0 Å². The van der Waals surface area contributed by atoms with Crippen LogP contribution in [0.1, 0.15) is 19.5 Å². The third kappa shape index (κ3) is 2.09. The molecule has 2 rings (SSSR count). The SMILES string of the molecule is Cc1ccc2cnc(Cl)c(OC(C)C)c2n1. The summed E-state index contributed by atoms with van der Waals surface area (Å²) in [5.74, 6) is 0.567. The van der Waals surface area contributed by atoms with Gasteiger partial charge in [0.15, 0.2) is 10.9 Å². The van der Waals surface area contributed by atoms with Gasteiger partial charge in [0, 0.05) is 17.3 Å². The van der Waals surface area contributed by atoms with Crippen LogP contribution in [0.2, 0.25) is 5.15 Å². The molecule has 0 saturated carbocycles. The third-order valence-electron chi connectivity index (χ3n) is 2.14. The Labute approximate surface area is 99.4 Å². The monoisotopic (exact) mass is 236 g/mol. The van der Waals surface area contributed by atoms with Crippen molar-refractivity contribution in [2.75, 3.05) is 0 Å². The van der Waals surface area contributed by atoms with Crippen LogP contribution in [-0.4, -0.2) is 16.1 Å². The highest BCUT2D eigenvalue weighted by molar-refractivity contribution is 6.31. The van der Waals surface area contributed by atoms with Crippen molar-refractivity contribution in [1.82, 2.24) is 9.97 Å². The van der Waals surface area contributed by atoms with Crippen molar-refractivity contribution in [3.05, 3.63) is 29.2 Å². The van der Waals surface area contributed by atoms with E-state index in [4.69, 9.17) is 16.3 Å². The summed E-state index contributed by atoms with van der Waals surface area (Å²) >= 11 is 6.02. The van der Waals surface area contributed by atoms with Crippen molar-refractivity contribution in [3.63, 3.8) is 0 Å². The molecule has 2 aromatic heterocycles. The Bertz CT molecular complexity index is 520. The van der Waals surface area contributed by atoms with Crippen LogP contribution < -0.4 is 4.74 Å². The lowest BCUT2D eigenvalue weighted by Crippen LogP contribution is -2.07. The summed E-state index contributed by atoms with van der Waals surface area (Å²) in [5.41, 5.74) is 1.71. The first-order chi connectivity index (χ1) is 7.58. The molecule has 3 nitrogen and oxygen atoms in total. The molecule has 0 amide bonds. The summed E-state index contributed by atoms with van der Waals surface area (Å²) in [4.78, 5) is 8.53. The number of halogens is 1. The molecule has 0 N–H and O–H groups in total. The van der Waals surface area contributed by atoms with Gasteiger partial charge in [-0.15, -0.1) is 0 Å². The lowest BCUT2D eigenvalue weighted by Gasteiger charge is -2.12. The molecule has 84 valence electrons. The number of aromatic nitrogens is 2. The summed E-state index contributed by atoms with van der Waals surface area (Å²) in [6, 6.07) is 3.91. The molecule has 0 spiro atoms. The van der Waals surface area contributed by atoms with E-state index in [0.29, 0.717) is 10.9 Å². The van der Waals surface area contributed by atoms with Gasteiger partial charge in [-0.2, -0.15) is 0 Å². The quantitative estimate of drug-likeness (QED) is 0.750. The molecule has 0 aliphatic rings. The first kappa shape index (κ1) is 11.1. The maximum absolute atomic E-state index is 6.02. The molecule has 16 heavy (non-hydrogen) atoms. The molecule has 0 saturated heterocycles. The topological polar surface area (TPSA) is 35.0 Å². The fourth-order valence-corrected chi connectivity index (χ4v) is 1.66. The molecule has 0 radical (unpaired) electrons. The zero-order valence-electron chi connectivity index (χ0n) is 9.49. The molecule has 0 unspecified atom stereocenters. The second-order valence-electron chi connectivity index (χ2n) is 3.94. The fourth-order valence-electron chi connectivity index (χ4n) is 1.48. The van der Waals surface area contributed by atoms with E-state index < -0.39 is 0 Å². The Balaban J connectivity index is 2.67. The molecule has 0 atom stereocenters. The molecule has 0 bridgehead atoms. The predicted octanol–water partition coefficient (Wildman–Crippen LogP) is 3.38. The summed E-state index contributed by atoms with van der Waals surface area (Å²) < 4.78 is 5.66. The van der Waals surface area contributed by atoms with Gasteiger partial charge >= 0.3 is 0 Å². The Hall–Kier alpha value is -1.35. The van der Waals surface area contributed by atoms with Crippen LogP contribution >= 0.6 is 11.6 Å². The van der Waals surface area contributed by atoms with Crippen molar-refractivity contribution in [2.24, 2.45) is 0 Å². The number of hydrogen-bond acceptors (Lipinski definition) is 3. The summed E-state index contributed by atoms with van der Waals surface area (Å²) in [7, 11) is 0. The highest BCUT2D eigenvalue weighted by atomic mass is 35.5. The molecular weight excluding hydrogens is 224 g/mol. The second-order valence-corrected chi connectivity index (χ2v) is 4.29. The Kier molecular flexibility index (Phi) is 2.97. The Morgan fingerprint density at radius 1 is 1.31 bits per heavy atom. The van der Waals surface area contributed by atoms with Crippen molar-refractivity contribution in [1.29, 1.82) is 0 Å². The van der Waals surface area contributed by atoms with Gasteiger partial charge in [-0.1, -0.05) is 11.6 Å². The molecule has 2 aromatic rings. The van der Waals surface area contributed by atoms with Crippen LogP contribution in [0, 0.1) is 6.92 Å². The largest absolute Gasteiger partial charge is 0.485 e. The lowest BCUT2D eigenvalue weighted by atomic mass is 10.2. The third-order valence-corrected chi connectivity index (χ3v) is 2.41. The number of hydrogen-bond donors (Lipinski definition) is 0. The molecule has 0 aromatic carbocycles. The fraction of sp³-hybridized carbons (Fsp3) is 0.333. The van der Waals surface area contributed by atoms with Crippen molar-refractivity contribution in [2.45, 2.75) is 26.9 Å². The molecule has 0 fully saturated rings. The lowest BCUT2D eigenvalue weighted by molar-refractivity contribution is 0.244. The van der Waals surface area contributed by atoms with E-state index in [9.17, 15) is 0 Å². The number of ether oxygens (including phenoxy) is 1. The summed E-state index contributed by atoms with van der Waals surface area (Å²) in [6.07, 6.45) is 1.75. The van der Waals surface area contributed by atoms with Crippen LogP contribution in [0.3, 0.4) is 0 Å². The van der Waals surface area contributed by atoms with E-state index in [1.807, 2.05) is 32.9 Å². The van der Waals surface area contributed by atoms with Crippen LogP contribution in [-0.2, 0) is 0 Å². The van der Waals surface area contributed by atoms with Crippen LogP contribution in [0.5, 0.6) is 5.75 Å². The van der Waals surface area contributed by atoms with Crippen molar-refractivity contribution >= 4 is 22.5 Å². The normalized spacial score (nSPS) is 11.1. The Morgan fingerprint density at radius 3 is 2.75 bits per heavy atom.